The molecule has 2 N–H and O–H groups in total. The van der Waals surface area contributed by atoms with Gasteiger partial charge < -0.3 is 5.32 Å². The van der Waals surface area contributed by atoms with Gasteiger partial charge in [-0.25, -0.2) is 13.4 Å². The van der Waals surface area contributed by atoms with Gasteiger partial charge in [0.05, 0.1) is 10.7 Å². The molecule has 1 aromatic heterocycles. The maximum absolute atomic E-state index is 12.2. The largest absolute Gasteiger partial charge is 0.370 e. The Labute approximate surface area is 133 Å². The van der Waals surface area contributed by atoms with Gasteiger partial charge in [0.25, 0.3) is 10.0 Å². The van der Waals surface area contributed by atoms with Gasteiger partial charge in [-0.2, -0.15) is 0 Å². The number of benzene rings is 1. The van der Waals surface area contributed by atoms with E-state index in [0.717, 1.165) is 0 Å². The fourth-order valence-electron chi connectivity index (χ4n) is 1.60. The number of nitrogens with zero attached hydrogens (tertiary/aromatic N) is 1. The van der Waals surface area contributed by atoms with Crippen molar-refractivity contribution in [2.45, 2.75) is 11.8 Å². The summed E-state index contributed by atoms with van der Waals surface area (Å²) in [6, 6.07) is 7.59. The fraction of sp³-hybridized carbons (Fsp3) is 0.154. The third-order valence-electron chi connectivity index (χ3n) is 2.58. The van der Waals surface area contributed by atoms with Crippen molar-refractivity contribution in [1.82, 2.24) is 4.98 Å². The minimum atomic E-state index is -3.75. The number of anilines is 2. The molecule has 0 aliphatic heterocycles. The number of pyridine rings is 1. The average Bonchev–Trinajstić information content (AvgIpc) is 2.43. The number of nitrogens with one attached hydrogen (secondary N) is 2. The van der Waals surface area contributed by atoms with Crippen LogP contribution in [0.2, 0.25) is 10.0 Å². The minimum Gasteiger partial charge on any atom is -0.370 e. The van der Waals surface area contributed by atoms with Crippen LogP contribution in [0.4, 0.5) is 11.5 Å². The molecular formula is C13H13Cl2N3O2S. The Morgan fingerprint density at radius 1 is 1.19 bits per heavy atom. The first-order valence-electron chi connectivity index (χ1n) is 6.10. The van der Waals surface area contributed by atoms with Crippen molar-refractivity contribution in [2.24, 2.45) is 0 Å². The molecule has 0 amide bonds. The number of hydrogen-bond acceptors (Lipinski definition) is 4. The molecule has 21 heavy (non-hydrogen) atoms. The van der Waals surface area contributed by atoms with E-state index in [4.69, 9.17) is 23.2 Å². The smallest absolute Gasteiger partial charge is 0.263 e. The van der Waals surface area contributed by atoms with E-state index in [-0.39, 0.29) is 15.6 Å². The molecule has 0 aliphatic rings. The number of hydrogen-bond donors (Lipinski definition) is 2. The molecule has 112 valence electrons. The Bertz CT molecular complexity index is 734. The molecule has 0 spiro atoms. The van der Waals surface area contributed by atoms with Crippen LogP contribution >= 0.6 is 23.2 Å². The Balaban J connectivity index is 2.25. The van der Waals surface area contributed by atoms with Crippen LogP contribution in [0, 0.1) is 0 Å². The summed E-state index contributed by atoms with van der Waals surface area (Å²) in [6.07, 6.45) is 1.28. The molecule has 1 aromatic carbocycles. The Hall–Kier alpha value is -1.50. The van der Waals surface area contributed by atoms with Crippen molar-refractivity contribution in [3.63, 3.8) is 0 Å². The van der Waals surface area contributed by atoms with Gasteiger partial charge in [-0.3, -0.25) is 4.72 Å². The highest BCUT2D eigenvalue weighted by Crippen LogP contribution is 2.27. The summed E-state index contributed by atoms with van der Waals surface area (Å²) in [7, 11) is -3.75. The molecule has 2 rings (SSSR count). The van der Waals surface area contributed by atoms with Gasteiger partial charge in [-0.1, -0.05) is 23.2 Å². The normalized spacial score (nSPS) is 11.2. The first kappa shape index (κ1) is 15.9. The van der Waals surface area contributed by atoms with Crippen LogP contribution < -0.4 is 10.0 Å². The van der Waals surface area contributed by atoms with Crippen LogP contribution in [-0.2, 0) is 10.0 Å². The molecule has 0 atom stereocenters. The van der Waals surface area contributed by atoms with Gasteiger partial charge in [-0.15, -0.1) is 0 Å². The fourth-order valence-corrected chi connectivity index (χ4v) is 3.14. The lowest BCUT2D eigenvalue weighted by molar-refractivity contribution is 0.601. The Morgan fingerprint density at radius 2 is 1.95 bits per heavy atom. The summed E-state index contributed by atoms with van der Waals surface area (Å²) < 4.78 is 26.9. The molecule has 0 radical (unpaired) electrons. The van der Waals surface area contributed by atoms with Gasteiger partial charge in [0.15, 0.2) is 0 Å². The Morgan fingerprint density at radius 3 is 2.52 bits per heavy atom. The third-order valence-corrected chi connectivity index (χ3v) is 4.48. The molecular weight excluding hydrogens is 333 g/mol. The highest BCUT2D eigenvalue weighted by molar-refractivity contribution is 7.92. The van der Waals surface area contributed by atoms with Crippen LogP contribution in [0.5, 0.6) is 0 Å². The molecule has 0 fully saturated rings. The van der Waals surface area contributed by atoms with E-state index in [1.807, 2.05) is 6.92 Å². The van der Waals surface area contributed by atoms with Gasteiger partial charge in [0, 0.05) is 17.8 Å². The predicted octanol–water partition coefficient (Wildman–Crippen LogP) is 3.62. The second-order valence-electron chi connectivity index (χ2n) is 4.14. The minimum absolute atomic E-state index is 0.0511. The van der Waals surface area contributed by atoms with E-state index in [9.17, 15) is 8.42 Å². The van der Waals surface area contributed by atoms with Crippen molar-refractivity contribution in [2.75, 3.05) is 16.6 Å². The quantitative estimate of drug-likeness (QED) is 0.867. The topological polar surface area (TPSA) is 71.1 Å². The van der Waals surface area contributed by atoms with E-state index in [0.29, 0.717) is 17.4 Å². The number of halogens is 2. The van der Waals surface area contributed by atoms with Crippen LogP contribution in [0.15, 0.2) is 41.4 Å². The maximum atomic E-state index is 12.2. The lowest BCUT2D eigenvalue weighted by atomic mass is 10.3. The number of rotatable bonds is 5. The number of aromatic nitrogens is 1. The van der Waals surface area contributed by atoms with Crippen molar-refractivity contribution >= 4 is 44.7 Å². The SMILES string of the molecule is CCNc1ccc(S(=O)(=O)Nc2ccc(Cl)cc2Cl)cn1. The predicted molar refractivity (Wildman–Crippen MR) is 85.7 cm³/mol. The third kappa shape index (κ3) is 4.00. The molecule has 5 nitrogen and oxygen atoms in total. The van der Waals surface area contributed by atoms with Crippen molar-refractivity contribution < 1.29 is 8.42 Å². The van der Waals surface area contributed by atoms with E-state index in [1.165, 1.54) is 24.4 Å². The second kappa shape index (κ2) is 6.51. The van der Waals surface area contributed by atoms with E-state index < -0.39 is 10.0 Å². The van der Waals surface area contributed by atoms with Crippen LogP contribution in [0.25, 0.3) is 0 Å². The zero-order chi connectivity index (χ0) is 15.5. The molecule has 0 bridgehead atoms. The van der Waals surface area contributed by atoms with Crippen LogP contribution in [0.1, 0.15) is 6.92 Å². The molecule has 0 unspecified atom stereocenters. The highest BCUT2D eigenvalue weighted by atomic mass is 35.5. The first-order chi connectivity index (χ1) is 9.92. The summed E-state index contributed by atoms with van der Waals surface area (Å²) in [5.74, 6) is 0.612. The number of sulfonamides is 1. The molecule has 8 heteroatoms. The first-order valence-corrected chi connectivity index (χ1v) is 8.34. The van der Waals surface area contributed by atoms with Gasteiger partial charge in [0.1, 0.15) is 10.7 Å². The highest BCUT2D eigenvalue weighted by Gasteiger charge is 2.16. The van der Waals surface area contributed by atoms with Crippen molar-refractivity contribution in [1.29, 1.82) is 0 Å². The molecule has 0 aliphatic carbocycles. The summed E-state index contributed by atoms with van der Waals surface area (Å²) in [6.45, 7) is 2.63. The van der Waals surface area contributed by atoms with Crippen molar-refractivity contribution in [3.8, 4) is 0 Å². The van der Waals surface area contributed by atoms with Gasteiger partial charge in [-0.05, 0) is 37.3 Å². The van der Waals surface area contributed by atoms with Gasteiger partial charge >= 0.3 is 0 Å². The van der Waals surface area contributed by atoms with E-state index in [1.54, 1.807) is 12.1 Å². The molecule has 0 saturated heterocycles. The van der Waals surface area contributed by atoms with Crippen LogP contribution in [0.3, 0.4) is 0 Å². The molecule has 1 heterocycles. The van der Waals surface area contributed by atoms with Gasteiger partial charge in [0.2, 0.25) is 0 Å². The zero-order valence-electron chi connectivity index (χ0n) is 11.1. The molecule has 2 aromatic rings. The van der Waals surface area contributed by atoms with E-state index in [2.05, 4.69) is 15.0 Å². The summed E-state index contributed by atoms with van der Waals surface area (Å²) in [5.41, 5.74) is 0.261. The average molecular weight is 346 g/mol. The lowest BCUT2D eigenvalue weighted by Gasteiger charge is -2.10. The summed E-state index contributed by atoms with van der Waals surface area (Å²) in [5, 5.41) is 3.64. The zero-order valence-corrected chi connectivity index (χ0v) is 13.4. The van der Waals surface area contributed by atoms with Crippen LogP contribution in [-0.4, -0.2) is 19.9 Å². The maximum Gasteiger partial charge on any atom is 0.263 e. The molecule has 0 saturated carbocycles. The summed E-state index contributed by atoms with van der Waals surface area (Å²) >= 11 is 11.7. The summed E-state index contributed by atoms with van der Waals surface area (Å²) in [4.78, 5) is 4.08. The monoisotopic (exact) mass is 345 g/mol. The van der Waals surface area contributed by atoms with Crippen molar-refractivity contribution in [3.05, 3.63) is 46.6 Å². The second-order valence-corrected chi connectivity index (χ2v) is 6.67. The Kier molecular flexibility index (Phi) is 4.92. The standard InChI is InChI=1S/C13H13Cl2N3O2S/c1-2-16-13-6-4-10(8-17-13)21(19,20)18-12-5-3-9(14)7-11(12)15/h3-8,18H,2H2,1H3,(H,16,17). The van der Waals surface area contributed by atoms with E-state index >= 15 is 0 Å². The lowest BCUT2D eigenvalue weighted by Crippen LogP contribution is -2.13.